The Kier molecular flexibility index (Phi) is 3.19. The highest BCUT2D eigenvalue weighted by Gasteiger charge is 2.42. The van der Waals surface area contributed by atoms with Gasteiger partial charge in [-0.1, -0.05) is 24.6 Å². The Morgan fingerprint density at radius 1 is 1.17 bits per heavy atom. The minimum Gasteiger partial charge on any atom is -0.392 e. The normalized spacial score (nSPS) is 31.8. The lowest BCUT2D eigenvalue weighted by Crippen LogP contribution is -2.27. The molecule has 0 radical (unpaired) electrons. The maximum atomic E-state index is 10.5. The Balaban J connectivity index is 1.67. The van der Waals surface area contributed by atoms with Crippen LogP contribution in [0.3, 0.4) is 0 Å². The van der Waals surface area contributed by atoms with E-state index >= 15 is 0 Å². The lowest BCUT2D eigenvalue weighted by Gasteiger charge is -2.27. The summed E-state index contributed by atoms with van der Waals surface area (Å²) in [6.45, 7) is 4.30. The van der Waals surface area contributed by atoms with Gasteiger partial charge in [0.25, 0.3) is 0 Å². The van der Waals surface area contributed by atoms with E-state index in [0.29, 0.717) is 5.92 Å². The monoisotopic (exact) mass is 244 g/mol. The Bertz CT molecular complexity index is 437. The summed E-state index contributed by atoms with van der Waals surface area (Å²) in [5, 5.41) is 10.5. The quantitative estimate of drug-likeness (QED) is 0.860. The van der Waals surface area contributed by atoms with Crippen LogP contribution in [0.1, 0.15) is 42.4 Å². The minimum absolute atomic E-state index is 0.123. The minimum atomic E-state index is -0.123. The zero-order valence-electron chi connectivity index (χ0n) is 11.5. The molecule has 3 rings (SSSR count). The van der Waals surface area contributed by atoms with Crippen LogP contribution in [0.15, 0.2) is 18.2 Å². The molecular formula is C17H24O. The summed E-state index contributed by atoms with van der Waals surface area (Å²) in [6, 6.07) is 6.60. The van der Waals surface area contributed by atoms with Crippen molar-refractivity contribution in [1.82, 2.24) is 0 Å². The third-order valence-electron chi connectivity index (χ3n) is 5.30. The van der Waals surface area contributed by atoms with Gasteiger partial charge in [0.05, 0.1) is 6.10 Å². The summed E-state index contributed by atoms with van der Waals surface area (Å²) < 4.78 is 0. The van der Waals surface area contributed by atoms with Crippen LogP contribution in [-0.2, 0) is 6.42 Å². The van der Waals surface area contributed by atoms with E-state index in [-0.39, 0.29) is 6.10 Å². The van der Waals surface area contributed by atoms with Crippen molar-refractivity contribution in [2.24, 2.45) is 17.8 Å². The van der Waals surface area contributed by atoms with Crippen molar-refractivity contribution in [2.75, 3.05) is 0 Å². The Morgan fingerprint density at radius 2 is 2.00 bits per heavy atom. The van der Waals surface area contributed by atoms with Crippen LogP contribution in [0, 0.1) is 31.6 Å². The zero-order valence-corrected chi connectivity index (χ0v) is 11.5. The fourth-order valence-corrected chi connectivity index (χ4v) is 4.09. The molecule has 1 N–H and O–H groups in total. The van der Waals surface area contributed by atoms with E-state index in [1.54, 1.807) is 0 Å². The highest BCUT2D eigenvalue weighted by atomic mass is 16.3. The highest BCUT2D eigenvalue weighted by Crippen LogP contribution is 2.49. The second-order valence-electron chi connectivity index (χ2n) is 6.53. The van der Waals surface area contributed by atoms with Gasteiger partial charge in [-0.05, 0) is 74.0 Å². The molecule has 0 aliphatic heterocycles. The molecule has 2 aliphatic rings. The van der Waals surface area contributed by atoms with Crippen LogP contribution < -0.4 is 0 Å². The van der Waals surface area contributed by atoms with Crippen molar-refractivity contribution >= 4 is 0 Å². The molecule has 1 heteroatoms. The molecule has 4 atom stereocenters. The third-order valence-corrected chi connectivity index (χ3v) is 5.30. The first kappa shape index (κ1) is 12.2. The predicted octanol–water partition coefficient (Wildman–Crippen LogP) is 3.64. The first-order chi connectivity index (χ1) is 8.63. The molecule has 0 saturated heterocycles. The van der Waals surface area contributed by atoms with Gasteiger partial charge in [-0.3, -0.25) is 0 Å². The molecule has 18 heavy (non-hydrogen) atoms. The van der Waals surface area contributed by atoms with Gasteiger partial charge >= 0.3 is 0 Å². The van der Waals surface area contributed by atoms with Crippen LogP contribution in [0.25, 0.3) is 0 Å². The Morgan fingerprint density at radius 3 is 2.61 bits per heavy atom. The maximum absolute atomic E-state index is 10.5. The standard InChI is InChI=1S/C17H24O/c1-11-3-4-13(7-12(11)2)10-17(18)16-9-14-5-6-15(16)8-14/h3-4,7,14-18H,5-6,8-10H2,1-2H3. The van der Waals surface area contributed by atoms with Gasteiger partial charge in [0.15, 0.2) is 0 Å². The number of benzene rings is 1. The lowest BCUT2D eigenvalue weighted by molar-refractivity contribution is 0.0751. The van der Waals surface area contributed by atoms with Crippen molar-refractivity contribution in [3.63, 3.8) is 0 Å². The average molecular weight is 244 g/mol. The molecule has 2 fully saturated rings. The lowest BCUT2D eigenvalue weighted by atomic mass is 9.82. The third kappa shape index (κ3) is 2.21. The average Bonchev–Trinajstić information content (AvgIpc) is 2.96. The first-order valence-electron chi connectivity index (χ1n) is 7.37. The van der Waals surface area contributed by atoms with E-state index in [2.05, 4.69) is 32.0 Å². The molecule has 2 bridgehead atoms. The number of rotatable bonds is 3. The van der Waals surface area contributed by atoms with Crippen molar-refractivity contribution in [3.8, 4) is 0 Å². The molecular weight excluding hydrogens is 220 g/mol. The first-order valence-corrected chi connectivity index (χ1v) is 7.37. The number of hydrogen-bond donors (Lipinski definition) is 1. The van der Waals surface area contributed by atoms with Gasteiger partial charge in [-0.25, -0.2) is 0 Å². The van der Waals surface area contributed by atoms with Gasteiger partial charge in [-0.15, -0.1) is 0 Å². The van der Waals surface area contributed by atoms with E-state index in [9.17, 15) is 5.11 Å². The fraction of sp³-hybridized carbons (Fsp3) is 0.647. The van der Waals surface area contributed by atoms with Crippen molar-refractivity contribution in [1.29, 1.82) is 0 Å². The van der Waals surface area contributed by atoms with E-state index in [1.807, 2.05) is 0 Å². The summed E-state index contributed by atoms with van der Waals surface area (Å²) in [4.78, 5) is 0. The smallest absolute Gasteiger partial charge is 0.0611 e. The Hall–Kier alpha value is -0.820. The molecule has 0 amide bonds. The Labute approximate surface area is 110 Å². The summed E-state index contributed by atoms with van der Waals surface area (Å²) in [5.74, 6) is 2.32. The second-order valence-corrected chi connectivity index (χ2v) is 6.53. The van der Waals surface area contributed by atoms with Gasteiger partial charge in [0.2, 0.25) is 0 Å². The SMILES string of the molecule is Cc1ccc(CC(O)C2CC3CCC2C3)cc1C. The molecule has 0 spiro atoms. The summed E-state index contributed by atoms with van der Waals surface area (Å²) in [7, 11) is 0. The molecule has 0 heterocycles. The second kappa shape index (κ2) is 4.70. The summed E-state index contributed by atoms with van der Waals surface area (Å²) in [6.07, 6.45) is 6.15. The van der Waals surface area contributed by atoms with E-state index in [1.165, 1.54) is 42.4 Å². The highest BCUT2D eigenvalue weighted by molar-refractivity contribution is 5.30. The van der Waals surface area contributed by atoms with Gasteiger partial charge < -0.3 is 5.11 Å². The summed E-state index contributed by atoms with van der Waals surface area (Å²) >= 11 is 0. The van der Waals surface area contributed by atoms with Crippen LogP contribution in [0.2, 0.25) is 0 Å². The van der Waals surface area contributed by atoms with E-state index in [4.69, 9.17) is 0 Å². The van der Waals surface area contributed by atoms with Crippen molar-refractivity contribution in [3.05, 3.63) is 34.9 Å². The van der Waals surface area contributed by atoms with Crippen molar-refractivity contribution < 1.29 is 5.11 Å². The van der Waals surface area contributed by atoms with Crippen molar-refractivity contribution in [2.45, 2.75) is 52.1 Å². The molecule has 4 unspecified atom stereocenters. The maximum Gasteiger partial charge on any atom is 0.0611 e. The molecule has 98 valence electrons. The van der Waals surface area contributed by atoms with Gasteiger partial charge in [0, 0.05) is 0 Å². The number of aliphatic hydroxyl groups is 1. The topological polar surface area (TPSA) is 20.2 Å². The number of aliphatic hydroxyl groups excluding tert-OH is 1. The van der Waals surface area contributed by atoms with Gasteiger partial charge in [0.1, 0.15) is 0 Å². The fourth-order valence-electron chi connectivity index (χ4n) is 4.09. The molecule has 1 aromatic carbocycles. The molecule has 1 aromatic rings. The zero-order chi connectivity index (χ0) is 12.7. The van der Waals surface area contributed by atoms with Crippen LogP contribution in [-0.4, -0.2) is 11.2 Å². The van der Waals surface area contributed by atoms with Crippen LogP contribution >= 0.6 is 0 Å². The van der Waals surface area contributed by atoms with Gasteiger partial charge in [-0.2, -0.15) is 0 Å². The molecule has 2 saturated carbocycles. The number of aryl methyl sites for hydroxylation is 2. The molecule has 1 nitrogen and oxygen atoms in total. The number of hydrogen-bond acceptors (Lipinski definition) is 1. The van der Waals surface area contributed by atoms with Crippen LogP contribution in [0.5, 0.6) is 0 Å². The largest absolute Gasteiger partial charge is 0.392 e. The summed E-state index contributed by atoms with van der Waals surface area (Å²) in [5.41, 5.74) is 3.98. The van der Waals surface area contributed by atoms with Crippen LogP contribution in [0.4, 0.5) is 0 Å². The number of fused-ring (bicyclic) bond motifs is 2. The predicted molar refractivity (Wildman–Crippen MR) is 74.6 cm³/mol. The molecule has 0 aromatic heterocycles. The van der Waals surface area contributed by atoms with E-state index in [0.717, 1.165) is 18.3 Å². The van der Waals surface area contributed by atoms with E-state index < -0.39 is 0 Å². The molecule has 2 aliphatic carbocycles.